The van der Waals surface area contributed by atoms with E-state index in [0.717, 1.165) is 25.9 Å². The Bertz CT molecular complexity index is 356. The highest BCUT2D eigenvalue weighted by Gasteiger charge is 2.17. The van der Waals surface area contributed by atoms with Gasteiger partial charge >= 0.3 is 0 Å². The zero-order valence-electron chi connectivity index (χ0n) is 8.03. The quantitative estimate of drug-likeness (QED) is 0.646. The molecule has 0 spiro atoms. The van der Waals surface area contributed by atoms with Crippen LogP contribution < -0.4 is 0 Å². The van der Waals surface area contributed by atoms with Gasteiger partial charge in [-0.2, -0.15) is 0 Å². The standard InChI is InChI=1S/C11H13NOS/c1-2-11(13)12-6-3-4-10-9(8-12)5-7-14-10/h2,5,7H,1,3-4,6,8H2. The molecular formula is C11H13NOS. The van der Waals surface area contributed by atoms with E-state index in [4.69, 9.17) is 0 Å². The molecule has 0 aliphatic carbocycles. The van der Waals surface area contributed by atoms with Gasteiger partial charge in [-0.05, 0) is 35.9 Å². The summed E-state index contributed by atoms with van der Waals surface area (Å²) in [5.41, 5.74) is 1.31. The second kappa shape index (κ2) is 3.96. The van der Waals surface area contributed by atoms with Crippen LogP contribution in [0, 0.1) is 0 Å². The highest BCUT2D eigenvalue weighted by atomic mass is 32.1. The lowest BCUT2D eigenvalue weighted by Gasteiger charge is -2.18. The van der Waals surface area contributed by atoms with Gasteiger partial charge in [0, 0.05) is 18.0 Å². The van der Waals surface area contributed by atoms with Crippen molar-refractivity contribution in [1.29, 1.82) is 0 Å². The Morgan fingerprint density at radius 2 is 2.50 bits per heavy atom. The van der Waals surface area contributed by atoms with Crippen molar-refractivity contribution in [2.45, 2.75) is 19.4 Å². The molecule has 2 rings (SSSR count). The Morgan fingerprint density at radius 3 is 3.29 bits per heavy atom. The minimum Gasteiger partial charge on any atom is -0.335 e. The average Bonchev–Trinajstić information content (AvgIpc) is 2.54. The highest BCUT2D eigenvalue weighted by Crippen LogP contribution is 2.23. The summed E-state index contributed by atoms with van der Waals surface area (Å²) in [5, 5.41) is 2.10. The molecule has 0 N–H and O–H groups in total. The van der Waals surface area contributed by atoms with Crippen molar-refractivity contribution in [2.24, 2.45) is 0 Å². The van der Waals surface area contributed by atoms with Gasteiger partial charge in [0.1, 0.15) is 0 Å². The molecule has 2 nitrogen and oxygen atoms in total. The number of thiophene rings is 1. The fraction of sp³-hybridized carbons (Fsp3) is 0.364. The first-order valence-electron chi connectivity index (χ1n) is 4.78. The normalized spacial score (nSPS) is 15.9. The Morgan fingerprint density at radius 1 is 1.64 bits per heavy atom. The molecule has 0 aromatic carbocycles. The molecule has 0 saturated carbocycles. The fourth-order valence-corrected chi connectivity index (χ4v) is 2.70. The summed E-state index contributed by atoms with van der Waals surface area (Å²) in [7, 11) is 0. The van der Waals surface area contributed by atoms with Crippen molar-refractivity contribution in [3.8, 4) is 0 Å². The summed E-state index contributed by atoms with van der Waals surface area (Å²) in [6, 6.07) is 2.12. The maximum absolute atomic E-state index is 11.5. The number of carbonyl (C=O) groups excluding carboxylic acids is 1. The number of hydrogen-bond donors (Lipinski definition) is 0. The highest BCUT2D eigenvalue weighted by molar-refractivity contribution is 7.10. The monoisotopic (exact) mass is 207 g/mol. The SMILES string of the molecule is C=CC(=O)N1CCCc2sccc2C1. The second-order valence-corrected chi connectivity index (χ2v) is 4.44. The Labute approximate surface area is 87.9 Å². The number of nitrogens with zero attached hydrogens (tertiary/aromatic N) is 1. The Kier molecular flexibility index (Phi) is 2.68. The molecule has 3 heteroatoms. The number of hydrogen-bond acceptors (Lipinski definition) is 2. The molecule has 0 radical (unpaired) electrons. The van der Waals surface area contributed by atoms with Crippen molar-refractivity contribution in [1.82, 2.24) is 4.90 Å². The molecule has 1 aromatic rings. The van der Waals surface area contributed by atoms with Gasteiger partial charge in [0.05, 0.1) is 0 Å². The van der Waals surface area contributed by atoms with E-state index in [9.17, 15) is 4.79 Å². The van der Waals surface area contributed by atoms with Crippen LogP contribution >= 0.6 is 11.3 Å². The van der Waals surface area contributed by atoms with Crippen molar-refractivity contribution < 1.29 is 4.79 Å². The minimum atomic E-state index is 0.0454. The van der Waals surface area contributed by atoms with Crippen LogP contribution in [0.3, 0.4) is 0 Å². The van der Waals surface area contributed by atoms with Crippen LogP contribution in [0.25, 0.3) is 0 Å². The van der Waals surface area contributed by atoms with Crippen molar-refractivity contribution in [3.05, 3.63) is 34.5 Å². The summed E-state index contributed by atoms with van der Waals surface area (Å²) in [5.74, 6) is 0.0454. The molecule has 1 amide bonds. The zero-order valence-corrected chi connectivity index (χ0v) is 8.85. The van der Waals surface area contributed by atoms with Gasteiger partial charge in [0.2, 0.25) is 5.91 Å². The van der Waals surface area contributed by atoms with Gasteiger partial charge in [-0.1, -0.05) is 6.58 Å². The summed E-state index contributed by atoms with van der Waals surface area (Å²) in [6.07, 6.45) is 3.57. The molecule has 14 heavy (non-hydrogen) atoms. The Balaban J connectivity index is 2.19. The smallest absolute Gasteiger partial charge is 0.246 e. The third-order valence-corrected chi connectivity index (χ3v) is 3.54. The predicted molar refractivity (Wildman–Crippen MR) is 58.3 cm³/mol. The van der Waals surface area contributed by atoms with E-state index in [0.29, 0.717) is 0 Å². The van der Waals surface area contributed by atoms with Crippen LogP contribution in [-0.2, 0) is 17.8 Å². The third-order valence-electron chi connectivity index (χ3n) is 2.52. The fourth-order valence-electron chi connectivity index (χ4n) is 1.76. The number of fused-ring (bicyclic) bond motifs is 1. The maximum Gasteiger partial charge on any atom is 0.246 e. The molecule has 0 atom stereocenters. The Hall–Kier alpha value is -1.09. The minimum absolute atomic E-state index is 0.0454. The summed E-state index contributed by atoms with van der Waals surface area (Å²) >= 11 is 1.80. The number of amides is 1. The van der Waals surface area contributed by atoms with Gasteiger partial charge in [-0.25, -0.2) is 0 Å². The largest absolute Gasteiger partial charge is 0.335 e. The molecule has 0 unspecified atom stereocenters. The van der Waals surface area contributed by atoms with E-state index in [1.54, 1.807) is 11.3 Å². The van der Waals surface area contributed by atoms with E-state index >= 15 is 0 Å². The molecule has 1 aliphatic rings. The lowest BCUT2D eigenvalue weighted by atomic mass is 10.2. The number of aryl methyl sites for hydroxylation is 1. The lowest BCUT2D eigenvalue weighted by Crippen LogP contribution is -2.28. The van der Waals surface area contributed by atoms with Crippen LogP contribution in [0.2, 0.25) is 0 Å². The first-order chi connectivity index (χ1) is 6.81. The lowest BCUT2D eigenvalue weighted by molar-refractivity contribution is -0.126. The van der Waals surface area contributed by atoms with Gasteiger partial charge in [0.25, 0.3) is 0 Å². The van der Waals surface area contributed by atoms with Gasteiger partial charge in [-0.3, -0.25) is 4.79 Å². The number of rotatable bonds is 1. The van der Waals surface area contributed by atoms with Crippen LogP contribution in [0.4, 0.5) is 0 Å². The van der Waals surface area contributed by atoms with Crippen LogP contribution in [0.1, 0.15) is 16.9 Å². The summed E-state index contributed by atoms with van der Waals surface area (Å²) in [4.78, 5) is 14.8. The first kappa shape index (κ1) is 9.46. The molecule has 0 fully saturated rings. The van der Waals surface area contributed by atoms with E-state index in [1.807, 2.05) is 4.90 Å². The van der Waals surface area contributed by atoms with E-state index in [-0.39, 0.29) is 5.91 Å². The van der Waals surface area contributed by atoms with E-state index < -0.39 is 0 Å². The van der Waals surface area contributed by atoms with Crippen LogP contribution in [-0.4, -0.2) is 17.4 Å². The van der Waals surface area contributed by atoms with Crippen molar-refractivity contribution in [2.75, 3.05) is 6.54 Å². The molecule has 74 valence electrons. The topological polar surface area (TPSA) is 20.3 Å². The molecule has 0 bridgehead atoms. The summed E-state index contributed by atoms with van der Waals surface area (Å²) in [6.45, 7) is 5.13. The molecular weight excluding hydrogens is 194 g/mol. The molecule has 1 aromatic heterocycles. The molecule has 0 saturated heterocycles. The van der Waals surface area contributed by atoms with E-state index in [1.165, 1.54) is 16.5 Å². The van der Waals surface area contributed by atoms with Gasteiger partial charge in [-0.15, -0.1) is 11.3 Å². The first-order valence-corrected chi connectivity index (χ1v) is 5.66. The predicted octanol–water partition coefficient (Wildman–Crippen LogP) is 2.21. The zero-order chi connectivity index (χ0) is 9.97. The molecule has 1 aliphatic heterocycles. The van der Waals surface area contributed by atoms with E-state index in [2.05, 4.69) is 18.0 Å². The van der Waals surface area contributed by atoms with Crippen LogP contribution in [0.5, 0.6) is 0 Å². The summed E-state index contributed by atoms with van der Waals surface area (Å²) < 4.78 is 0. The van der Waals surface area contributed by atoms with Gasteiger partial charge in [0.15, 0.2) is 0 Å². The van der Waals surface area contributed by atoms with Crippen molar-refractivity contribution >= 4 is 17.2 Å². The average molecular weight is 207 g/mol. The second-order valence-electron chi connectivity index (χ2n) is 3.44. The number of carbonyl (C=O) groups is 1. The maximum atomic E-state index is 11.5. The third kappa shape index (κ3) is 1.73. The van der Waals surface area contributed by atoms with Gasteiger partial charge < -0.3 is 4.90 Å². The van der Waals surface area contributed by atoms with Crippen LogP contribution in [0.15, 0.2) is 24.1 Å². The molecule has 2 heterocycles. The van der Waals surface area contributed by atoms with Crippen molar-refractivity contribution in [3.63, 3.8) is 0 Å².